The molecule has 8 heteroatoms. The zero-order valence-corrected chi connectivity index (χ0v) is 16.3. The van der Waals surface area contributed by atoms with Crippen LogP contribution in [0.4, 0.5) is 23.3 Å². The van der Waals surface area contributed by atoms with E-state index in [2.05, 4.69) is 25.6 Å². The fourth-order valence-corrected chi connectivity index (χ4v) is 2.79. The van der Waals surface area contributed by atoms with Crippen LogP contribution in [0.2, 0.25) is 5.02 Å². The molecule has 0 spiro atoms. The summed E-state index contributed by atoms with van der Waals surface area (Å²) in [6.45, 7) is 3.76. The highest BCUT2D eigenvalue weighted by molar-refractivity contribution is 6.33. The average molecular weight is 386 g/mol. The molecule has 27 heavy (non-hydrogen) atoms. The molecule has 2 N–H and O–H groups in total. The Hall–Kier alpha value is -3.06. The second-order valence-corrected chi connectivity index (χ2v) is 6.18. The molecule has 0 bridgehead atoms. The first kappa shape index (κ1) is 18.7. The van der Waals surface area contributed by atoms with Gasteiger partial charge in [0.2, 0.25) is 11.9 Å². The number of para-hydroxylation sites is 1. The normalized spacial score (nSPS) is 10.4. The van der Waals surface area contributed by atoms with Gasteiger partial charge in [0.05, 0.1) is 30.6 Å². The van der Waals surface area contributed by atoms with Crippen molar-refractivity contribution < 1.29 is 9.47 Å². The van der Waals surface area contributed by atoms with Crippen LogP contribution in [0, 0.1) is 13.8 Å². The van der Waals surface area contributed by atoms with Crippen LogP contribution in [-0.2, 0) is 0 Å². The summed E-state index contributed by atoms with van der Waals surface area (Å²) in [5, 5.41) is 6.92. The Morgan fingerprint density at radius 3 is 2.30 bits per heavy atom. The minimum Gasteiger partial charge on any atom is -0.497 e. The lowest BCUT2D eigenvalue weighted by Crippen LogP contribution is -2.07. The minimum atomic E-state index is 0.387. The third-order valence-corrected chi connectivity index (χ3v) is 4.18. The molecule has 0 saturated carbocycles. The maximum atomic E-state index is 6.28. The van der Waals surface area contributed by atoms with E-state index in [0.717, 1.165) is 11.3 Å². The topological polar surface area (TPSA) is 81.2 Å². The number of hydrogen-bond donors (Lipinski definition) is 2. The highest BCUT2D eigenvalue weighted by Crippen LogP contribution is 2.31. The molecule has 0 aliphatic heterocycles. The second-order valence-electron chi connectivity index (χ2n) is 5.78. The lowest BCUT2D eigenvalue weighted by Gasteiger charge is -2.13. The summed E-state index contributed by atoms with van der Waals surface area (Å²) in [6.07, 6.45) is 0. The van der Waals surface area contributed by atoms with Gasteiger partial charge in [-0.3, -0.25) is 0 Å². The Morgan fingerprint density at radius 1 is 0.889 bits per heavy atom. The minimum absolute atomic E-state index is 0.387. The molecular formula is C19H20ClN5O2. The van der Waals surface area contributed by atoms with Gasteiger partial charge in [-0.05, 0) is 37.6 Å². The summed E-state index contributed by atoms with van der Waals surface area (Å²) >= 11 is 6.28. The van der Waals surface area contributed by atoms with Gasteiger partial charge in [0, 0.05) is 6.07 Å². The first-order valence-corrected chi connectivity index (χ1v) is 8.62. The third-order valence-electron chi connectivity index (χ3n) is 3.86. The van der Waals surface area contributed by atoms with E-state index >= 15 is 0 Å². The summed E-state index contributed by atoms with van der Waals surface area (Å²) in [4.78, 5) is 13.1. The lowest BCUT2D eigenvalue weighted by atomic mass is 10.2. The van der Waals surface area contributed by atoms with Crippen molar-refractivity contribution >= 4 is 34.9 Å². The zero-order chi connectivity index (χ0) is 19.4. The van der Waals surface area contributed by atoms with Crippen LogP contribution in [0.1, 0.15) is 11.4 Å². The number of aromatic nitrogens is 3. The largest absolute Gasteiger partial charge is 0.497 e. The molecule has 2 aromatic carbocycles. The Morgan fingerprint density at radius 2 is 1.63 bits per heavy atom. The molecule has 0 amide bonds. The van der Waals surface area contributed by atoms with Crippen molar-refractivity contribution in [3.05, 3.63) is 52.8 Å². The molecule has 0 unspecified atom stereocenters. The van der Waals surface area contributed by atoms with E-state index in [1.165, 1.54) is 0 Å². The summed E-state index contributed by atoms with van der Waals surface area (Å²) in [5.41, 5.74) is 2.47. The SMILES string of the molecule is COc1ccc(Nc2nc(C)nc(Nc3c(C)cccc3Cl)n2)c(OC)c1. The van der Waals surface area contributed by atoms with Crippen LogP contribution >= 0.6 is 11.6 Å². The molecule has 1 aromatic heterocycles. The number of halogens is 1. The van der Waals surface area contributed by atoms with Gasteiger partial charge in [0.25, 0.3) is 0 Å². The van der Waals surface area contributed by atoms with Crippen molar-refractivity contribution in [2.24, 2.45) is 0 Å². The first-order valence-electron chi connectivity index (χ1n) is 8.24. The van der Waals surface area contributed by atoms with E-state index in [4.69, 9.17) is 21.1 Å². The maximum Gasteiger partial charge on any atom is 0.232 e. The fourth-order valence-electron chi connectivity index (χ4n) is 2.52. The van der Waals surface area contributed by atoms with E-state index in [1.54, 1.807) is 27.2 Å². The molecule has 0 saturated heterocycles. The van der Waals surface area contributed by atoms with Crippen molar-refractivity contribution in [2.75, 3.05) is 24.9 Å². The number of anilines is 4. The van der Waals surface area contributed by atoms with Crippen LogP contribution in [-0.4, -0.2) is 29.2 Å². The van der Waals surface area contributed by atoms with E-state index in [-0.39, 0.29) is 0 Å². The Kier molecular flexibility index (Phi) is 5.61. The molecule has 0 fully saturated rings. The predicted molar refractivity (Wildman–Crippen MR) is 107 cm³/mol. The van der Waals surface area contributed by atoms with E-state index in [9.17, 15) is 0 Å². The van der Waals surface area contributed by atoms with Crippen molar-refractivity contribution in [1.29, 1.82) is 0 Å². The monoisotopic (exact) mass is 385 g/mol. The van der Waals surface area contributed by atoms with Gasteiger partial charge >= 0.3 is 0 Å². The molecule has 0 aliphatic rings. The second kappa shape index (κ2) is 8.09. The molecule has 0 aliphatic carbocycles. The molecule has 0 atom stereocenters. The van der Waals surface area contributed by atoms with Gasteiger partial charge in [-0.15, -0.1) is 0 Å². The van der Waals surface area contributed by atoms with Gasteiger partial charge in [-0.25, -0.2) is 0 Å². The number of aryl methyl sites for hydroxylation is 2. The van der Waals surface area contributed by atoms with Crippen molar-refractivity contribution in [2.45, 2.75) is 13.8 Å². The highest BCUT2D eigenvalue weighted by Gasteiger charge is 2.11. The number of rotatable bonds is 6. The lowest BCUT2D eigenvalue weighted by molar-refractivity contribution is 0.395. The molecule has 7 nitrogen and oxygen atoms in total. The smallest absolute Gasteiger partial charge is 0.232 e. The van der Waals surface area contributed by atoms with Crippen molar-refractivity contribution in [3.8, 4) is 11.5 Å². The summed E-state index contributed by atoms with van der Waals surface area (Å²) in [6, 6.07) is 11.1. The molecule has 3 aromatic rings. The zero-order valence-electron chi connectivity index (χ0n) is 15.5. The number of benzene rings is 2. The van der Waals surface area contributed by atoms with Gasteiger partial charge in [0.1, 0.15) is 17.3 Å². The van der Waals surface area contributed by atoms with Crippen LogP contribution in [0.5, 0.6) is 11.5 Å². The first-order chi connectivity index (χ1) is 13.0. The van der Waals surface area contributed by atoms with Gasteiger partial charge in [-0.2, -0.15) is 15.0 Å². The van der Waals surface area contributed by atoms with Gasteiger partial charge in [0.15, 0.2) is 0 Å². The molecule has 1 heterocycles. The summed E-state index contributed by atoms with van der Waals surface area (Å²) in [5.74, 6) is 2.66. The van der Waals surface area contributed by atoms with Crippen molar-refractivity contribution in [1.82, 2.24) is 15.0 Å². The van der Waals surface area contributed by atoms with Gasteiger partial charge < -0.3 is 20.1 Å². The molecule has 140 valence electrons. The number of hydrogen-bond acceptors (Lipinski definition) is 7. The van der Waals surface area contributed by atoms with Crippen LogP contribution in [0.15, 0.2) is 36.4 Å². The Balaban J connectivity index is 1.90. The number of methoxy groups -OCH3 is 2. The average Bonchev–Trinajstić information content (AvgIpc) is 2.65. The Bertz CT molecular complexity index is 945. The Labute approximate surface area is 162 Å². The quantitative estimate of drug-likeness (QED) is 0.639. The van der Waals surface area contributed by atoms with Crippen molar-refractivity contribution in [3.63, 3.8) is 0 Å². The predicted octanol–water partition coefficient (Wildman–Crippen LogP) is 4.65. The molecule has 3 rings (SSSR count). The van der Waals surface area contributed by atoms with Crippen LogP contribution in [0.25, 0.3) is 0 Å². The highest BCUT2D eigenvalue weighted by atomic mass is 35.5. The number of nitrogens with zero attached hydrogens (tertiary/aromatic N) is 3. The third kappa shape index (κ3) is 4.38. The van der Waals surface area contributed by atoms with E-state index in [0.29, 0.717) is 39.9 Å². The van der Waals surface area contributed by atoms with Gasteiger partial charge in [-0.1, -0.05) is 23.7 Å². The number of nitrogens with one attached hydrogen (secondary N) is 2. The molecular weight excluding hydrogens is 366 g/mol. The van der Waals surface area contributed by atoms with Crippen LogP contribution in [0.3, 0.4) is 0 Å². The van der Waals surface area contributed by atoms with E-state index in [1.807, 2.05) is 37.3 Å². The molecule has 0 radical (unpaired) electrons. The standard InChI is InChI=1S/C19H20ClN5O2/c1-11-6-5-7-14(20)17(11)24-19-22-12(2)21-18(25-19)23-15-9-8-13(26-3)10-16(15)27-4/h5-10H,1-4H3,(H2,21,22,23,24,25). The van der Waals surface area contributed by atoms with E-state index < -0.39 is 0 Å². The summed E-state index contributed by atoms with van der Waals surface area (Å²) < 4.78 is 10.6. The number of ether oxygens (including phenoxy) is 2. The van der Waals surface area contributed by atoms with Crippen LogP contribution < -0.4 is 20.1 Å². The summed E-state index contributed by atoms with van der Waals surface area (Å²) in [7, 11) is 3.19. The fraction of sp³-hybridized carbons (Fsp3) is 0.211. The maximum absolute atomic E-state index is 6.28.